The number of aliphatic hydroxyl groups is 1. The molecule has 0 saturated carbocycles. The Balaban J connectivity index is 0.00000192. The first kappa shape index (κ1) is 17.4. The number of carbonyl (C=O) groups is 1. The Bertz CT molecular complexity index is 749. The highest BCUT2D eigenvalue weighted by Crippen LogP contribution is 2.07. The van der Waals surface area contributed by atoms with E-state index in [2.05, 4.69) is 15.6 Å². The van der Waals surface area contributed by atoms with Crippen LogP contribution in [0.4, 0.5) is 0 Å². The fourth-order valence-electron chi connectivity index (χ4n) is 2.60. The summed E-state index contributed by atoms with van der Waals surface area (Å²) in [6, 6.07) is 7.03. The molecule has 1 aromatic carbocycles. The number of nitrogens with zero attached hydrogens (tertiary/aromatic N) is 2. The number of para-hydroxylation sites is 1. The van der Waals surface area contributed by atoms with Crippen LogP contribution in [0.1, 0.15) is 0 Å². The van der Waals surface area contributed by atoms with Crippen LogP contribution in [0.3, 0.4) is 0 Å². The smallest absolute Gasteiger partial charge is 0.261 e. The van der Waals surface area contributed by atoms with E-state index in [0.29, 0.717) is 30.5 Å². The maximum atomic E-state index is 12.3. The van der Waals surface area contributed by atoms with Gasteiger partial charge in [0.05, 0.1) is 23.3 Å². The molecule has 2 unspecified atom stereocenters. The molecular formula is C15H19ClN4O3. The predicted molar refractivity (Wildman–Crippen MR) is 88.6 cm³/mol. The van der Waals surface area contributed by atoms with Gasteiger partial charge in [-0.25, -0.2) is 4.98 Å². The number of fused-ring (bicyclic) bond motifs is 1. The average molecular weight is 339 g/mol. The second kappa shape index (κ2) is 7.54. The summed E-state index contributed by atoms with van der Waals surface area (Å²) in [5, 5.41) is 16.0. The van der Waals surface area contributed by atoms with Gasteiger partial charge in [0.2, 0.25) is 5.91 Å². The van der Waals surface area contributed by atoms with Gasteiger partial charge in [-0.2, -0.15) is 0 Å². The zero-order chi connectivity index (χ0) is 15.5. The predicted octanol–water partition coefficient (Wildman–Crippen LogP) is -0.485. The molecule has 3 rings (SSSR count). The van der Waals surface area contributed by atoms with E-state index in [1.165, 1.54) is 10.9 Å². The largest absolute Gasteiger partial charge is 0.391 e. The Morgan fingerprint density at radius 2 is 2.17 bits per heavy atom. The molecule has 1 fully saturated rings. The summed E-state index contributed by atoms with van der Waals surface area (Å²) < 4.78 is 1.29. The monoisotopic (exact) mass is 338 g/mol. The lowest BCUT2D eigenvalue weighted by Gasteiger charge is -2.14. The lowest BCUT2D eigenvalue weighted by Crippen LogP contribution is -2.37. The Morgan fingerprint density at radius 3 is 2.91 bits per heavy atom. The molecule has 7 nitrogen and oxygen atoms in total. The van der Waals surface area contributed by atoms with Crippen molar-refractivity contribution in [1.29, 1.82) is 0 Å². The molecule has 1 aliphatic heterocycles. The van der Waals surface area contributed by atoms with Crippen molar-refractivity contribution in [2.75, 3.05) is 19.6 Å². The lowest BCUT2D eigenvalue weighted by molar-refractivity contribution is -0.122. The summed E-state index contributed by atoms with van der Waals surface area (Å²) in [7, 11) is 0. The summed E-state index contributed by atoms with van der Waals surface area (Å²) in [6.45, 7) is 1.54. The summed E-state index contributed by atoms with van der Waals surface area (Å²) in [5.41, 5.74) is 0.382. The molecular weight excluding hydrogens is 320 g/mol. The Kier molecular flexibility index (Phi) is 5.70. The second-order valence-electron chi connectivity index (χ2n) is 5.48. The van der Waals surface area contributed by atoms with Crippen molar-refractivity contribution < 1.29 is 9.90 Å². The van der Waals surface area contributed by atoms with Crippen molar-refractivity contribution in [2.24, 2.45) is 5.92 Å². The van der Waals surface area contributed by atoms with Gasteiger partial charge < -0.3 is 15.7 Å². The third-order valence-electron chi connectivity index (χ3n) is 3.91. The quantitative estimate of drug-likeness (QED) is 0.699. The Labute approximate surface area is 139 Å². The molecule has 2 heterocycles. The molecule has 0 aliphatic carbocycles. The molecule has 3 N–H and O–H groups in total. The topological polar surface area (TPSA) is 96.2 Å². The van der Waals surface area contributed by atoms with Gasteiger partial charge in [-0.1, -0.05) is 12.1 Å². The van der Waals surface area contributed by atoms with E-state index < -0.39 is 6.10 Å². The number of halogens is 1. The van der Waals surface area contributed by atoms with Crippen LogP contribution in [-0.2, 0) is 11.3 Å². The number of hydrogen-bond acceptors (Lipinski definition) is 5. The van der Waals surface area contributed by atoms with Gasteiger partial charge >= 0.3 is 0 Å². The van der Waals surface area contributed by atoms with E-state index in [9.17, 15) is 14.7 Å². The van der Waals surface area contributed by atoms with Gasteiger partial charge in [0.25, 0.3) is 5.56 Å². The number of amides is 1. The Morgan fingerprint density at radius 1 is 1.39 bits per heavy atom. The summed E-state index contributed by atoms with van der Waals surface area (Å²) >= 11 is 0. The van der Waals surface area contributed by atoms with Gasteiger partial charge in [-0.15, -0.1) is 12.4 Å². The summed E-state index contributed by atoms with van der Waals surface area (Å²) in [6.07, 6.45) is 0.946. The summed E-state index contributed by atoms with van der Waals surface area (Å²) in [4.78, 5) is 28.4. The molecule has 124 valence electrons. The third kappa shape index (κ3) is 3.87. The SMILES string of the molecule is Cl.O=C(Cn1cnc2ccccc2c1=O)NCC1CNCC1O. The van der Waals surface area contributed by atoms with E-state index in [4.69, 9.17) is 0 Å². The van der Waals surface area contributed by atoms with Crippen molar-refractivity contribution >= 4 is 29.2 Å². The average Bonchev–Trinajstić information content (AvgIpc) is 2.93. The molecule has 1 amide bonds. The van der Waals surface area contributed by atoms with Crippen molar-refractivity contribution in [3.63, 3.8) is 0 Å². The van der Waals surface area contributed by atoms with Crippen molar-refractivity contribution in [3.05, 3.63) is 40.9 Å². The van der Waals surface area contributed by atoms with Crippen LogP contribution in [0, 0.1) is 5.92 Å². The minimum Gasteiger partial charge on any atom is -0.391 e. The highest BCUT2D eigenvalue weighted by Gasteiger charge is 2.25. The van der Waals surface area contributed by atoms with Gasteiger partial charge in [0, 0.05) is 25.6 Å². The van der Waals surface area contributed by atoms with Crippen molar-refractivity contribution in [3.8, 4) is 0 Å². The molecule has 1 aromatic heterocycles. The highest BCUT2D eigenvalue weighted by molar-refractivity contribution is 5.85. The van der Waals surface area contributed by atoms with Crippen LogP contribution in [0.25, 0.3) is 10.9 Å². The molecule has 1 saturated heterocycles. The maximum absolute atomic E-state index is 12.3. The van der Waals surface area contributed by atoms with E-state index in [1.54, 1.807) is 18.2 Å². The van der Waals surface area contributed by atoms with Gasteiger partial charge in [0.1, 0.15) is 6.54 Å². The number of β-amino-alcohol motifs (C(OH)–C–C–N with tert-alkyl or cyclic N) is 1. The molecule has 1 aliphatic rings. The van der Waals surface area contributed by atoms with Crippen LogP contribution in [0.5, 0.6) is 0 Å². The Hall–Kier alpha value is -1.96. The first-order valence-electron chi connectivity index (χ1n) is 7.25. The van der Waals surface area contributed by atoms with Gasteiger partial charge in [0.15, 0.2) is 0 Å². The zero-order valence-electron chi connectivity index (χ0n) is 12.4. The zero-order valence-corrected chi connectivity index (χ0v) is 13.3. The number of rotatable bonds is 4. The third-order valence-corrected chi connectivity index (χ3v) is 3.91. The van der Waals surface area contributed by atoms with Crippen LogP contribution in [0.2, 0.25) is 0 Å². The number of carbonyl (C=O) groups excluding carboxylic acids is 1. The second-order valence-corrected chi connectivity index (χ2v) is 5.48. The first-order chi connectivity index (χ1) is 10.6. The van der Waals surface area contributed by atoms with Crippen LogP contribution < -0.4 is 16.2 Å². The summed E-state index contributed by atoms with van der Waals surface area (Å²) in [5.74, 6) is -0.256. The number of nitrogens with one attached hydrogen (secondary N) is 2. The van der Waals surface area contributed by atoms with Crippen molar-refractivity contribution in [2.45, 2.75) is 12.6 Å². The first-order valence-corrected chi connectivity index (χ1v) is 7.25. The standard InChI is InChI=1S/C15H18N4O3.ClH/c20-13-7-16-5-10(13)6-17-14(21)8-19-9-18-12-4-2-1-3-11(12)15(19)22;/h1-4,9-10,13,16,20H,5-8H2,(H,17,21);1H. The van der Waals surface area contributed by atoms with Crippen LogP contribution >= 0.6 is 12.4 Å². The minimum atomic E-state index is -0.439. The van der Waals surface area contributed by atoms with E-state index in [1.807, 2.05) is 6.07 Å². The molecule has 8 heteroatoms. The number of aliphatic hydroxyl groups excluding tert-OH is 1. The molecule has 2 atom stereocenters. The van der Waals surface area contributed by atoms with Crippen LogP contribution in [-0.4, -0.2) is 46.3 Å². The molecule has 0 bridgehead atoms. The van der Waals surface area contributed by atoms with E-state index in [-0.39, 0.29) is 36.3 Å². The molecule has 2 aromatic rings. The normalized spacial score (nSPS) is 20.2. The van der Waals surface area contributed by atoms with E-state index in [0.717, 1.165) is 0 Å². The van der Waals surface area contributed by atoms with Gasteiger partial charge in [-0.05, 0) is 12.1 Å². The number of aromatic nitrogens is 2. The minimum absolute atomic E-state index is 0. The molecule has 0 radical (unpaired) electrons. The van der Waals surface area contributed by atoms with E-state index >= 15 is 0 Å². The number of benzene rings is 1. The lowest BCUT2D eigenvalue weighted by atomic mass is 10.1. The highest BCUT2D eigenvalue weighted by atomic mass is 35.5. The molecule has 0 spiro atoms. The maximum Gasteiger partial charge on any atom is 0.261 e. The molecule has 23 heavy (non-hydrogen) atoms. The fraction of sp³-hybridized carbons (Fsp3) is 0.400. The van der Waals surface area contributed by atoms with Crippen LogP contribution in [0.15, 0.2) is 35.4 Å². The number of hydrogen-bond donors (Lipinski definition) is 3. The fourth-order valence-corrected chi connectivity index (χ4v) is 2.60. The van der Waals surface area contributed by atoms with Crippen molar-refractivity contribution in [1.82, 2.24) is 20.2 Å². The van der Waals surface area contributed by atoms with Gasteiger partial charge in [-0.3, -0.25) is 14.2 Å².